The van der Waals surface area contributed by atoms with Gasteiger partial charge in [-0.05, 0) is 44.0 Å². The number of hydrogen-bond donors (Lipinski definition) is 2. The molecule has 9 nitrogen and oxygen atoms in total. The summed E-state index contributed by atoms with van der Waals surface area (Å²) in [5.41, 5.74) is 7.31. The number of aryl methyl sites for hydroxylation is 1. The molecule has 4 rings (SSSR count). The quantitative estimate of drug-likeness (QED) is 0.524. The molecule has 32 heavy (non-hydrogen) atoms. The third-order valence-electron chi connectivity index (χ3n) is 5.20. The van der Waals surface area contributed by atoms with Crippen LogP contribution < -0.4 is 16.0 Å². The van der Waals surface area contributed by atoms with Gasteiger partial charge in [0, 0.05) is 31.1 Å². The number of amides is 2. The molecule has 0 radical (unpaired) electrons. The van der Waals surface area contributed by atoms with Gasteiger partial charge in [-0.2, -0.15) is 0 Å². The number of aromatic nitrogens is 3. The highest BCUT2D eigenvalue weighted by Crippen LogP contribution is 2.26. The fraction of sp³-hybridized carbons (Fsp3) is 0.318. The first-order chi connectivity index (χ1) is 15.5. The van der Waals surface area contributed by atoms with Crippen LogP contribution in [-0.2, 0) is 10.5 Å². The van der Waals surface area contributed by atoms with Crippen molar-refractivity contribution in [2.45, 2.75) is 30.5 Å². The number of primary amides is 1. The minimum atomic E-state index is -0.276. The standard InChI is InChI=1S/C22H24N6O3S/c1-14-10-17(27-31-14)13-32-22-18(5-2-8-24-22)21(30)26-16-6-7-19(25-11-16)28-9-3-4-15(12-28)20(23)29/h2,5-8,10-11,15H,3-4,9,12-13H2,1H3,(H2,23,29)(H,26,30). The maximum atomic E-state index is 12.9. The Bertz CT molecular complexity index is 1100. The van der Waals surface area contributed by atoms with E-state index in [9.17, 15) is 9.59 Å². The van der Waals surface area contributed by atoms with Crippen molar-refractivity contribution in [1.29, 1.82) is 0 Å². The van der Waals surface area contributed by atoms with Crippen molar-refractivity contribution in [2.75, 3.05) is 23.3 Å². The van der Waals surface area contributed by atoms with E-state index in [1.165, 1.54) is 11.8 Å². The van der Waals surface area contributed by atoms with E-state index >= 15 is 0 Å². The number of thioether (sulfide) groups is 1. The molecule has 1 saturated heterocycles. The van der Waals surface area contributed by atoms with Gasteiger partial charge in [-0.1, -0.05) is 16.9 Å². The van der Waals surface area contributed by atoms with E-state index in [2.05, 4.69) is 20.4 Å². The van der Waals surface area contributed by atoms with Gasteiger partial charge >= 0.3 is 0 Å². The third-order valence-corrected chi connectivity index (χ3v) is 6.24. The molecule has 0 bridgehead atoms. The van der Waals surface area contributed by atoms with E-state index in [0.29, 0.717) is 28.6 Å². The highest BCUT2D eigenvalue weighted by molar-refractivity contribution is 7.98. The first-order valence-corrected chi connectivity index (χ1v) is 11.3. The lowest BCUT2D eigenvalue weighted by molar-refractivity contribution is -0.122. The summed E-state index contributed by atoms with van der Waals surface area (Å²) in [6, 6.07) is 8.96. The van der Waals surface area contributed by atoms with Crippen molar-refractivity contribution in [2.24, 2.45) is 11.7 Å². The van der Waals surface area contributed by atoms with Crippen molar-refractivity contribution in [3.8, 4) is 0 Å². The smallest absolute Gasteiger partial charge is 0.258 e. The second-order valence-electron chi connectivity index (χ2n) is 7.62. The molecule has 3 aromatic rings. The van der Waals surface area contributed by atoms with Gasteiger partial charge in [0.2, 0.25) is 5.91 Å². The second-order valence-corrected chi connectivity index (χ2v) is 8.58. The summed E-state index contributed by atoms with van der Waals surface area (Å²) in [5.74, 6) is 1.35. The highest BCUT2D eigenvalue weighted by Gasteiger charge is 2.24. The van der Waals surface area contributed by atoms with E-state index < -0.39 is 0 Å². The zero-order chi connectivity index (χ0) is 22.5. The lowest BCUT2D eigenvalue weighted by Crippen LogP contribution is -2.41. The lowest BCUT2D eigenvalue weighted by atomic mass is 9.97. The summed E-state index contributed by atoms with van der Waals surface area (Å²) < 4.78 is 5.08. The average molecular weight is 453 g/mol. The van der Waals surface area contributed by atoms with Crippen molar-refractivity contribution < 1.29 is 14.1 Å². The maximum Gasteiger partial charge on any atom is 0.258 e. The van der Waals surface area contributed by atoms with E-state index in [4.69, 9.17) is 10.3 Å². The summed E-state index contributed by atoms with van der Waals surface area (Å²) in [6.07, 6.45) is 4.97. The third kappa shape index (κ3) is 5.25. The van der Waals surface area contributed by atoms with Crippen molar-refractivity contribution in [1.82, 2.24) is 15.1 Å². The van der Waals surface area contributed by atoms with Crippen molar-refractivity contribution in [3.63, 3.8) is 0 Å². The van der Waals surface area contributed by atoms with Gasteiger partial charge in [0.25, 0.3) is 5.91 Å². The van der Waals surface area contributed by atoms with Gasteiger partial charge < -0.3 is 20.5 Å². The number of rotatable bonds is 7. The van der Waals surface area contributed by atoms with Crippen molar-refractivity contribution in [3.05, 3.63) is 59.7 Å². The van der Waals surface area contributed by atoms with Crippen LogP contribution in [0.5, 0.6) is 0 Å². The van der Waals surface area contributed by atoms with Gasteiger partial charge in [0.15, 0.2) is 0 Å². The SMILES string of the molecule is Cc1cc(CSc2ncccc2C(=O)Nc2ccc(N3CCCC(C(N)=O)C3)nc2)no1. The van der Waals surface area contributed by atoms with Gasteiger partial charge in [-0.25, -0.2) is 9.97 Å². The molecule has 4 heterocycles. The Morgan fingerprint density at radius 2 is 2.19 bits per heavy atom. The molecule has 1 unspecified atom stereocenters. The Hall–Kier alpha value is -3.40. The summed E-state index contributed by atoms with van der Waals surface area (Å²) in [5, 5.41) is 7.46. The van der Waals surface area contributed by atoms with Gasteiger partial charge in [-0.3, -0.25) is 9.59 Å². The van der Waals surface area contributed by atoms with Gasteiger partial charge in [0.1, 0.15) is 16.6 Å². The normalized spacial score (nSPS) is 16.0. The number of nitrogens with one attached hydrogen (secondary N) is 1. The maximum absolute atomic E-state index is 12.9. The van der Waals surface area contributed by atoms with Gasteiger partial charge in [-0.15, -0.1) is 0 Å². The number of nitrogens with two attached hydrogens (primary N) is 1. The molecule has 166 valence electrons. The Morgan fingerprint density at radius 3 is 2.91 bits per heavy atom. The van der Waals surface area contributed by atoms with E-state index in [0.717, 1.165) is 36.7 Å². The van der Waals surface area contributed by atoms with Crippen LogP contribution in [-0.4, -0.2) is 40.0 Å². The largest absolute Gasteiger partial charge is 0.369 e. The first kappa shape index (κ1) is 21.8. The molecule has 0 aliphatic carbocycles. The zero-order valence-electron chi connectivity index (χ0n) is 17.7. The Balaban J connectivity index is 1.40. The van der Waals surface area contributed by atoms with Crippen LogP contribution in [0.25, 0.3) is 0 Å². The Morgan fingerprint density at radius 1 is 1.31 bits per heavy atom. The van der Waals surface area contributed by atoms with Crippen LogP contribution in [0.15, 0.2) is 52.3 Å². The molecule has 3 aromatic heterocycles. The molecule has 1 atom stereocenters. The number of anilines is 2. The van der Waals surface area contributed by atoms with Crippen LogP contribution in [0, 0.1) is 12.8 Å². The van der Waals surface area contributed by atoms with Crippen LogP contribution in [0.1, 0.15) is 34.7 Å². The van der Waals surface area contributed by atoms with E-state index in [-0.39, 0.29) is 17.7 Å². The van der Waals surface area contributed by atoms with E-state index in [1.54, 1.807) is 30.6 Å². The zero-order valence-corrected chi connectivity index (χ0v) is 18.5. The summed E-state index contributed by atoms with van der Waals surface area (Å²) >= 11 is 1.42. The van der Waals surface area contributed by atoms with Crippen LogP contribution in [0.4, 0.5) is 11.5 Å². The number of pyridine rings is 2. The number of carbonyl (C=O) groups is 2. The monoisotopic (exact) mass is 452 g/mol. The number of nitrogens with zero attached hydrogens (tertiary/aromatic N) is 4. The fourth-order valence-electron chi connectivity index (χ4n) is 3.57. The van der Waals surface area contributed by atoms with Crippen LogP contribution in [0.2, 0.25) is 0 Å². The second kappa shape index (κ2) is 9.82. The summed E-state index contributed by atoms with van der Waals surface area (Å²) in [6.45, 7) is 3.22. The summed E-state index contributed by atoms with van der Waals surface area (Å²) in [4.78, 5) is 35.2. The molecule has 0 saturated carbocycles. The topological polar surface area (TPSA) is 127 Å². The number of hydrogen-bond acceptors (Lipinski definition) is 8. The predicted octanol–water partition coefficient (Wildman–Crippen LogP) is 3.02. The molecule has 0 aromatic carbocycles. The first-order valence-electron chi connectivity index (χ1n) is 10.3. The molecule has 1 fully saturated rings. The predicted molar refractivity (Wildman–Crippen MR) is 121 cm³/mol. The lowest BCUT2D eigenvalue weighted by Gasteiger charge is -2.32. The molecule has 1 aliphatic rings. The molecular weight excluding hydrogens is 428 g/mol. The van der Waals surface area contributed by atoms with Gasteiger partial charge in [0.05, 0.1) is 29.1 Å². The number of piperidine rings is 1. The number of carbonyl (C=O) groups excluding carboxylic acids is 2. The fourth-order valence-corrected chi connectivity index (χ4v) is 4.44. The molecule has 2 amide bonds. The average Bonchev–Trinajstić information content (AvgIpc) is 3.23. The minimum Gasteiger partial charge on any atom is -0.369 e. The molecule has 10 heteroatoms. The molecule has 0 spiro atoms. The van der Waals surface area contributed by atoms with Crippen molar-refractivity contribution >= 4 is 35.1 Å². The van der Waals surface area contributed by atoms with Crippen LogP contribution in [0.3, 0.4) is 0 Å². The minimum absolute atomic E-state index is 0.160. The Kier molecular flexibility index (Phi) is 6.69. The molecular formula is C22H24N6O3S. The molecule has 1 aliphatic heterocycles. The molecule has 3 N–H and O–H groups in total. The van der Waals surface area contributed by atoms with Crippen LogP contribution >= 0.6 is 11.8 Å². The summed E-state index contributed by atoms with van der Waals surface area (Å²) in [7, 11) is 0. The Labute approximate surface area is 189 Å². The highest BCUT2D eigenvalue weighted by atomic mass is 32.2. The van der Waals surface area contributed by atoms with E-state index in [1.807, 2.05) is 24.0 Å².